The Kier molecular flexibility index (Phi) is 4.29. The van der Waals surface area contributed by atoms with Crippen LogP contribution in [0.3, 0.4) is 0 Å². The molecule has 20 heavy (non-hydrogen) atoms. The Bertz CT molecular complexity index is 628. The Hall–Kier alpha value is -2.88. The van der Waals surface area contributed by atoms with Crippen LogP contribution in [0, 0.1) is 18.3 Å². The number of rotatable bonds is 5. The molecule has 0 aliphatic heterocycles. The smallest absolute Gasteiger partial charge is 0.258 e. The molecule has 2 aromatic rings. The average molecular weight is 272 g/mol. The van der Waals surface area contributed by atoms with Crippen LogP contribution in [0.5, 0.6) is 5.75 Å². The molecule has 0 unspecified atom stereocenters. The molecule has 1 amide bonds. The summed E-state index contributed by atoms with van der Waals surface area (Å²) in [5, 5.41) is 14.9. The first-order valence-corrected chi connectivity index (χ1v) is 5.86. The SMILES string of the molecule is Cc1noc(CNC(=O)COc2ccc(C#N)cc2)n1. The van der Waals surface area contributed by atoms with Crippen molar-refractivity contribution in [3.05, 3.63) is 41.5 Å². The number of hydrogen-bond donors (Lipinski definition) is 1. The second kappa shape index (κ2) is 6.33. The van der Waals surface area contributed by atoms with Crippen LogP contribution >= 0.6 is 0 Å². The van der Waals surface area contributed by atoms with Gasteiger partial charge in [-0.25, -0.2) is 0 Å². The maximum atomic E-state index is 11.5. The van der Waals surface area contributed by atoms with Gasteiger partial charge in [-0.15, -0.1) is 0 Å². The number of aryl methyl sites for hydroxylation is 1. The fraction of sp³-hybridized carbons (Fsp3) is 0.231. The first-order chi connectivity index (χ1) is 9.67. The molecule has 7 heteroatoms. The normalized spacial score (nSPS) is 9.80. The summed E-state index contributed by atoms with van der Waals surface area (Å²) in [6.45, 7) is 1.73. The van der Waals surface area contributed by atoms with Crippen LogP contribution in [0.1, 0.15) is 17.3 Å². The molecule has 1 heterocycles. The van der Waals surface area contributed by atoms with Gasteiger partial charge in [-0.1, -0.05) is 5.16 Å². The van der Waals surface area contributed by atoms with Crippen LogP contribution < -0.4 is 10.1 Å². The van der Waals surface area contributed by atoms with Crippen molar-refractivity contribution in [2.45, 2.75) is 13.5 Å². The molecule has 0 saturated carbocycles. The standard InChI is InChI=1S/C13H12N4O3/c1-9-16-13(20-17-9)7-15-12(18)8-19-11-4-2-10(6-14)3-5-11/h2-5H,7-8H2,1H3,(H,15,18). The predicted molar refractivity (Wildman–Crippen MR) is 67.5 cm³/mol. The molecule has 7 nitrogen and oxygen atoms in total. The molecule has 2 rings (SSSR count). The van der Waals surface area contributed by atoms with Crippen LogP contribution in [-0.2, 0) is 11.3 Å². The molecule has 0 radical (unpaired) electrons. The van der Waals surface area contributed by atoms with E-state index in [1.807, 2.05) is 6.07 Å². The minimum Gasteiger partial charge on any atom is -0.484 e. The molecule has 0 spiro atoms. The Balaban J connectivity index is 1.75. The molecular formula is C13H12N4O3. The third-order valence-electron chi connectivity index (χ3n) is 2.36. The Morgan fingerprint density at radius 3 is 2.80 bits per heavy atom. The van der Waals surface area contributed by atoms with Gasteiger partial charge in [0.25, 0.3) is 5.91 Å². The Morgan fingerprint density at radius 1 is 1.45 bits per heavy atom. The van der Waals surface area contributed by atoms with E-state index in [1.165, 1.54) is 0 Å². The number of amides is 1. The molecule has 0 fully saturated rings. The molecule has 0 aliphatic carbocycles. The maximum Gasteiger partial charge on any atom is 0.258 e. The number of carbonyl (C=O) groups is 1. The zero-order valence-electron chi connectivity index (χ0n) is 10.8. The van der Waals surface area contributed by atoms with Gasteiger partial charge < -0.3 is 14.6 Å². The van der Waals surface area contributed by atoms with Crippen molar-refractivity contribution in [3.8, 4) is 11.8 Å². The van der Waals surface area contributed by atoms with E-state index in [-0.39, 0.29) is 19.1 Å². The molecule has 0 saturated heterocycles. The summed E-state index contributed by atoms with van der Waals surface area (Å²) in [6, 6.07) is 8.50. The summed E-state index contributed by atoms with van der Waals surface area (Å²) >= 11 is 0. The zero-order chi connectivity index (χ0) is 14.4. The average Bonchev–Trinajstić information content (AvgIpc) is 2.89. The van der Waals surface area contributed by atoms with Gasteiger partial charge in [0.2, 0.25) is 5.89 Å². The minimum absolute atomic E-state index is 0.126. The number of ether oxygens (including phenoxy) is 1. The van der Waals surface area contributed by atoms with Crippen LogP contribution in [0.15, 0.2) is 28.8 Å². The first kappa shape index (κ1) is 13.5. The first-order valence-electron chi connectivity index (χ1n) is 5.86. The van der Waals surface area contributed by atoms with Gasteiger partial charge in [0, 0.05) is 0 Å². The second-order valence-corrected chi connectivity index (χ2v) is 3.94. The summed E-state index contributed by atoms with van der Waals surface area (Å²) in [4.78, 5) is 15.5. The quantitative estimate of drug-likeness (QED) is 0.869. The van der Waals surface area contributed by atoms with Crippen molar-refractivity contribution < 1.29 is 14.1 Å². The number of nitrogens with one attached hydrogen (secondary N) is 1. The minimum atomic E-state index is -0.301. The third kappa shape index (κ3) is 3.81. The molecule has 1 N–H and O–H groups in total. The highest BCUT2D eigenvalue weighted by Crippen LogP contribution is 2.11. The zero-order valence-corrected chi connectivity index (χ0v) is 10.8. The number of nitriles is 1. The van der Waals surface area contributed by atoms with Crippen molar-refractivity contribution in [1.29, 1.82) is 5.26 Å². The summed E-state index contributed by atoms with van der Waals surface area (Å²) in [5.41, 5.74) is 0.536. The highest BCUT2D eigenvalue weighted by molar-refractivity contribution is 5.77. The molecule has 1 aromatic heterocycles. The summed E-state index contributed by atoms with van der Waals surface area (Å²) < 4.78 is 10.1. The highest BCUT2D eigenvalue weighted by Gasteiger charge is 2.06. The van der Waals surface area contributed by atoms with E-state index < -0.39 is 0 Å². The van der Waals surface area contributed by atoms with Gasteiger partial charge in [-0.05, 0) is 31.2 Å². The van der Waals surface area contributed by atoms with E-state index in [4.69, 9.17) is 14.5 Å². The molecule has 0 bridgehead atoms. The highest BCUT2D eigenvalue weighted by atomic mass is 16.5. The molecule has 0 aliphatic rings. The van der Waals surface area contributed by atoms with Crippen LogP contribution in [0.4, 0.5) is 0 Å². The van der Waals surface area contributed by atoms with Crippen LogP contribution in [0.2, 0.25) is 0 Å². The van der Waals surface area contributed by atoms with Gasteiger partial charge >= 0.3 is 0 Å². The van der Waals surface area contributed by atoms with Gasteiger partial charge in [0.1, 0.15) is 5.75 Å². The monoisotopic (exact) mass is 272 g/mol. The lowest BCUT2D eigenvalue weighted by Gasteiger charge is -2.05. The molecule has 0 atom stereocenters. The number of benzene rings is 1. The van der Waals surface area contributed by atoms with E-state index in [9.17, 15) is 4.79 Å². The molecule has 102 valence electrons. The van der Waals surface area contributed by atoms with E-state index in [2.05, 4.69) is 15.5 Å². The maximum absolute atomic E-state index is 11.5. The van der Waals surface area contributed by atoms with E-state index in [0.29, 0.717) is 23.0 Å². The second-order valence-electron chi connectivity index (χ2n) is 3.94. The van der Waals surface area contributed by atoms with Crippen molar-refractivity contribution in [2.24, 2.45) is 0 Å². The third-order valence-corrected chi connectivity index (χ3v) is 2.36. The largest absolute Gasteiger partial charge is 0.484 e. The van der Waals surface area contributed by atoms with Crippen molar-refractivity contribution in [1.82, 2.24) is 15.5 Å². The van der Waals surface area contributed by atoms with Crippen molar-refractivity contribution in [3.63, 3.8) is 0 Å². The summed E-state index contributed by atoms with van der Waals surface area (Å²) in [5.74, 6) is 1.08. The summed E-state index contributed by atoms with van der Waals surface area (Å²) in [6.07, 6.45) is 0. The Labute approximate surface area is 115 Å². The lowest BCUT2D eigenvalue weighted by Crippen LogP contribution is -2.28. The van der Waals surface area contributed by atoms with Gasteiger partial charge in [-0.3, -0.25) is 4.79 Å². The van der Waals surface area contributed by atoms with Gasteiger partial charge in [-0.2, -0.15) is 10.2 Å². The van der Waals surface area contributed by atoms with Crippen LogP contribution in [-0.4, -0.2) is 22.7 Å². The topological polar surface area (TPSA) is 101 Å². The number of nitrogens with zero attached hydrogens (tertiary/aromatic N) is 3. The van der Waals surface area contributed by atoms with E-state index >= 15 is 0 Å². The number of aromatic nitrogens is 2. The molecule has 1 aromatic carbocycles. The van der Waals surface area contributed by atoms with Gasteiger partial charge in [0.05, 0.1) is 18.2 Å². The predicted octanol–water partition coefficient (Wildman–Crippen LogP) is 0.945. The lowest BCUT2D eigenvalue weighted by atomic mass is 10.2. The Morgan fingerprint density at radius 2 is 2.20 bits per heavy atom. The van der Waals surface area contributed by atoms with Crippen molar-refractivity contribution >= 4 is 5.91 Å². The number of carbonyl (C=O) groups excluding carboxylic acids is 1. The van der Waals surface area contributed by atoms with E-state index in [1.54, 1.807) is 31.2 Å². The number of hydrogen-bond acceptors (Lipinski definition) is 6. The lowest BCUT2D eigenvalue weighted by molar-refractivity contribution is -0.123. The van der Waals surface area contributed by atoms with E-state index in [0.717, 1.165) is 0 Å². The van der Waals surface area contributed by atoms with Crippen LogP contribution in [0.25, 0.3) is 0 Å². The van der Waals surface area contributed by atoms with Crippen molar-refractivity contribution in [2.75, 3.05) is 6.61 Å². The summed E-state index contributed by atoms with van der Waals surface area (Å²) in [7, 11) is 0. The molecular weight excluding hydrogens is 260 g/mol. The fourth-order valence-corrected chi connectivity index (χ4v) is 1.41. The van der Waals surface area contributed by atoms with Gasteiger partial charge in [0.15, 0.2) is 12.4 Å². The fourth-order valence-electron chi connectivity index (χ4n) is 1.41.